The van der Waals surface area contributed by atoms with Crippen molar-refractivity contribution in [2.45, 2.75) is 25.8 Å². The zero-order valence-corrected chi connectivity index (χ0v) is 11.9. The highest BCUT2D eigenvalue weighted by Crippen LogP contribution is 2.27. The number of hydrogen-bond acceptors (Lipinski definition) is 6. The van der Waals surface area contributed by atoms with Crippen LogP contribution in [0.2, 0.25) is 0 Å². The minimum absolute atomic E-state index is 0.450. The predicted molar refractivity (Wildman–Crippen MR) is 78.1 cm³/mol. The molecular formula is C13H20N6O. The highest BCUT2D eigenvalue weighted by Gasteiger charge is 2.22. The van der Waals surface area contributed by atoms with Crippen molar-refractivity contribution < 1.29 is 4.74 Å². The van der Waals surface area contributed by atoms with Crippen LogP contribution < -0.4 is 10.2 Å². The summed E-state index contributed by atoms with van der Waals surface area (Å²) in [5.74, 6) is 1.56. The van der Waals surface area contributed by atoms with Gasteiger partial charge in [0.1, 0.15) is 5.82 Å². The van der Waals surface area contributed by atoms with Crippen LogP contribution in [-0.2, 0) is 4.74 Å². The largest absolute Gasteiger partial charge is 0.381 e. The van der Waals surface area contributed by atoms with Crippen LogP contribution in [0, 0.1) is 0 Å². The number of nitrogens with zero attached hydrogens (tertiary/aromatic N) is 4. The van der Waals surface area contributed by atoms with Gasteiger partial charge >= 0.3 is 0 Å². The standard InChI is InChI=1S/C13H20N6O/c1-3-14-13-16-11-10(8-15-18-11)12(17-13)19(2)9-4-6-20-7-5-9/h8-9H,3-7H2,1-2H3,(H2,14,15,16,17,18). The van der Waals surface area contributed by atoms with Crippen LogP contribution >= 0.6 is 0 Å². The number of H-pyrrole nitrogens is 1. The van der Waals surface area contributed by atoms with Crippen LogP contribution in [0.5, 0.6) is 0 Å². The maximum absolute atomic E-state index is 5.43. The molecule has 1 fully saturated rings. The molecule has 0 radical (unpaired) electrons. The van der Waals surface area contributed by atoms with Crippen molar-refractivity contribution in [1.82, 2.24) is 20.2 Å². The van der Waals surface area contributed by atoms with Crippen molar-refractivity contribution in [1.29, 1.82) is 0 Å². The SMILES string of the molecule is CCNc1nc(N(C)C2CCOCC2)c2cn[nH]c2n1. The van der Waals surface area contributed by atoms with Crippen molar-refractivity contribution in [2.24, 2.45) is 0 Å². The van der Waals surface area contributed by atoms with Crippen molar-refractivity contribution >= 4 is 22.8 Å². The van der Waals surface area contributed by atoms with Gasteiger partial charge in [0, 0.05) is 32.8 Å². The van der Waals surface area contributed by atoms with Crippen LogP contribution in [0.3, 0.4) is 0 Å². The average Bonchev–Trinajstić information content (AvgIpc) is 2.95. The molecule has 0 atom stereocenters. The third kappa shape index (κ3) is 2.40. The number of anilines is 2. The topological polar surface area (TPSA) is 79.0 Å². The van der Waals surface area contributed by atoms with Crippen molar-refractivity contribution in [3.63, 3.8) is 0 Å². The van der Waals surface area contributed by atoms with Gasteiger partial charge in [0.15, 0.2) is 5.65 Å². The quantitative estimate of drug-likeness (QED) is 0.879. The Balaban J connectivity index is 1.97. The summed E-state index contributed by atoms with van der Waals surface area (Å²) < 4.78 is 5.43. The molecule has 0 unspecified atom stereocenters. The number of hydrogen-bond donors (Lipinski definition) is 2. The molecule has 3 heterocycles. The van der Waals surface area contributed by atoms with Gasteiger partial charge in [-0.3, -0.25) is 5.10 Å². The second-order valence-corrected chi connectivity index (χ2v) is 4.99. The van der Waals surface area contributed by atoms with Gasteiger partial charge in [-0.15, -0.1) is 0 Å². The van der Waals surface area contributed by atoms with Gasteiger partial charge in [-0.25, -0.2) is 0 Å². The van der Waals surface area contributed by atoms with Gasteiger partial charge in [0.05, 0.1) is 11.6 Å². The minimum Gasteiger partial charge on any atom is -0.381 e. The summed E-state index contributed by atoms with van der Waals surface area (Å²) in [5, 5.41) is 11.1. The van der Waals surface area contributed by atoms with Gasteiger partial charge in [0.25, 0.3) is 0 Å². The molecule has 7 heteroatoms. The second kappa shape index (κ2) is 5.62. The fraction of sp³-hybridized carbons (Fsp3) is 0.615. The Morgan fingerprint density at radius 1 is 1.40 bits per heavy atom. The summed E-state index contributed by atoms with van der Waals surface area (Å²) >= 11 is 0. The molecule has 0 bridgehead atoms. The van der Waals surface area contributed by atoms with E-state index in [1.54, 1.807) is 6.20 Å². The number of nitrogens with one attached hydrogen (secondary N) is 2. The molecule has 1 aliphatic heterocycles. The molecule has 0 aliphatic carbocycles. The lowest BCUT2D eigenvalue weighted by atomic mass is 10.1. The first kappa shape index (κ1) is 13.1. The predicted octanol–water partition coefficient (Wildman–Crippen LogP) is 1.40. The minimum atomic E-state index is 0.450. The molecular weight excluding hydrogens is 256 g/mol. The normalized spacial score (nSPS) is 16.5. The van der Waals surface area contributed by atoms with Gasteiger partial charge in [-0.05, 0) is 19.8 Å². The number of aromatic nitrogens is 4. The molecule has 0 amide bonds. The Kier molecular flexibility index (Phi) is 3.68. The first-order chi connectivity index (χ1) is 9.79. The van der Waals surface area contributed by atoms with E-state index < -0.39 is 0 Å². The Morgan fingerprint density at radius 3 is 2.95 bits per heavy atom. The fourth-order valence-electron chi connectivity index (χ4n) is 2.57. The third-order valence-electron chi connectivity index (χ3n) is 3.70. The zero-order chi connectivity index (χ0) is 13.9. The van der Waals surface area contributed by atoms with Gasteiger partial charge in [-0.1, -0.05) is 0 Å². The van der Waals surface area contributed by atoms with E-state index in [1.807, 2.05) is 6.92 Å². The summed E-state index contributed by atoms with van der Waals surface area (Å²) in [6.45, 7) is 4.45. The number of fused-ring (bicyclic) bond motifs is 1. The molecule has 0 aromatic carbocycles. The molecule has 7 nitrogen and oxygen atoms in total. The smallest absolute Gasteiger partial charge is 0.226 e. The Hall–Kier alpha value is -1.89. The molecule has 3 rings (SSSR count). The van der Waals surface area contributed by atoms with Crippen molar-refractivity contribution in [3.8, 4) is 0 Å². The van der Waals surface area contributed by atoms with Gasteiger partial charge < -0.3 is 15.0 Å². The van der Waals surface area contributed by atoms with Crippen LogP contribution in [0.1, 0.15) is 19.8 Å². The van der Waals surface area contributed by atoms with Gasteiger partial charge in [0.2, 0.25) is 5.95 Å². The van der Waals surface area contributed by atoms with Crippen LogP contribution in [0.4, 0.5) is 11.8 Å². The van der Waals surface area contributed by atoms with E-state index in [4.69, 9.17) is 4.74 Å². The molecule has 2 aromatic rings. The first-order valence-electron chi connectivity index (χ1n) is 7.05. The van der Waals surface area contributed by atoms with Crippen LogP contribution in [-0.4, -0.2) is 53.0 Å². The maximum atomic E-state index is 5.43. The fourth-order valence-corrected chi connectivity index (χ4v) is 2.57. The lowest BCUT2D eigenvalue weighted by molar-refractivity contribution is 0.0854. The number of ether oxygens (including phenoxy) is 1. The molecule has 20 heavy (non-hydrogen) atoms. The molecule has 108 valence electrons. The van der Waals surface area contributed by atoms with E-state index >= 15 is 0 Å². The highest BCUT2D eigenvalue weighted by atomic mass is 16.5. The monoisotopic (exact) mass is 276 g/mol. The molecule has 0 spiro atoms. The molecule has 0 saturated carbocycles. The number of aromatic amines is 1. The molecule has 2 aromatic heterocycles. The zero-order valence-electron chi connectivity index (χ0n) is 11.9. The van der Waals surface area contributed by atoms with E-state index in [9.17, 15) is 0 Å². The van der Waals surface area contributed by atoms with E-state index in [0.717, 1.165) is 49.5 Å². The third-order valence-corrected chi connectivity index (χ3v) is 3.70. The van der Waals surface area contributed by atoms with Gasteiger partial charge in [-0.2, -0.15) is 15.1 Å². The average molecular weight is 276 g/mol. The summed E-state index contributed by atoms with van der Waals surface area (Å²) in [6.07, 6.45) is 3.84. The summed E-state index contributed by atoms with van der Waals surface area (Å²) in [7, 11) is 2.08. The molecule has 1 saturated heterocycles. The van der Waals surface area contributed by atoms with E-state index in [2.05, 4.69) is 37.4 Å². The van der Waals surface area contributed by atoms with E-state index in [0.29, 0.717) is 12.0 Å². The molecule has 1 aliphatic rings. The Morgan fingerprint density at radius 2 is 2.20 bits per heavy atom. The molecule has 2 N–H and O–H groups in total. The summed E-state index contributed by atoms with van der Waals surface area (Å²) in [5.41, 5.74) is 0.768. The Labute approximate surface area is 117 Å². The maximum Gasteiger partial charge on any atom is 0.226 e. The Bertz CT molecular complexity index is 577. The van der Waals surface area contributed by atoms with Crippen molar-refractivity contribution in [2.75, 3.05) is 37.0 Å². The highest BCUT2D eigenvalue weighted by molar-refractivity contribution is 5.87. The van der Waals surface area contributed by atoms with E-state index in [1.165, 1.54) is 0 Å². The number of rotatable bonds is 4. The van der Waals surface area contributed by atoms with Crippen LogP contribution in [0.15, 0.2) is 6.20 Å². The summed E-state index contributed by atoms with van der Waals surface area (Å²) in [6, 6.07) is 0.450. The van der Waals surface area contributed by atoms with Crippen molar-refractivity contribution in [3.05, 3.63) is 6.20 Å². The lowest BCUT2D eigenvalue weighted by Crippen LogP contribution is -2.37. The first-order valence-corrected chi connectivity index (χ1v) is 7.05. The summed E-state index contributed by atoms with van der Waals surface area (Å²) in [4.78, 5) is 11.3. The lowest BCUT2D eigenvalue weighted by Gasteiger charge is -2.32. The van der Waals surface area contributed by atoms with Crippen LogP contribution in [0.25, 0.3) is 11.0 Å². The second-order valence-electron chi connectivity index (χ2n) is 4.99. The van der Waals surface area contributed by atoms with E-state index in [-0.39, 0.29) is 0 Å².